The van der Waals surface area contributed by atoms with Gasteiger partial charge < -0.3 is 15.7 Å². The van der Waals surface area contributed by atoms with Crippen molar-refractivity contribution in [3.8, 4) is 0 Å². The zero-order valence-corrected chi connectivity index (χ0v) is 20.5. The van der Waals surface area contributed by atoms with E-state index in [4.69, 9.17) is 0 Å². The Bertz CT molecular complexity index is 490. The molecular weight excluding hydrogens is 390 g/mol. The predicted molar refractivity (Wildman–Crippen MR) is 130 cm³/mol. The minimum absolute atomic E-state index is 0.0173. The Hall–Kier alpha value is -1.66. The minimum atomic E-state index is -0.468. The van der Waals surface area contributed by atoms with Crippen molar-refractivity contribution in [2.45, 2.75) is 104 Å². The Kier molecular flexibility index (Phi) is 18.0. The lowest BCUT2D eigenvalue weighted by atomic mass is 10.1. The maximum absolute atomic E-state index is 12.2. The third kappa shape index (κ3) is 18.8. The summed E-state index contributed by atoms with van der Waals surface area (Å²) < 4.78 is 0. The molecule has 0 aliphatic carbocycles. The van der Waals surface area contributed by atoms with Gasteiger partial charge in [0, 0.05) is 44.6 Å². The molecule has 6 heteroatoms. The minimum Gasteiger partial charge on any atom is -0.392 e. The Morgan fingerprint density at radius 2 is 1.19 bits per heavy atom. The molecule has 3 N–H and O–H groups in total. The van der Waals surface area contributed by atoms with Gasteiger partial charge in [-0.3, -0.25) is 14.5 Å². The highest BCUT2D eigenvalue weighted by molar-refractivity contribution is 5.76. The summed E-state index contributed by atoms with van der Waals surface area (Å²) >= 11 is 0. The van der Waals surface area contributed by atoms with E-state index in [9.17, 15) is 14.7 Å². The summed E-state index contributed by atoms with van der Waals surface area (Å²) in [4.78, 5) is 26.4. The third-order valence-electron chi connectivity index (χ3n) is 4.92. The average Bonchev–Trinajstić information content (AvgIpc) is 2.66. The molecule has 2 amide bonds. The molecule has 0 rings (SSSR count). The van der Waals surface area contributed by atoms with E-state index in [1.807, 2.05) is 39.8 Å². The van der Waals surface area contributed by atoms with Crippen LogP contribution in [0.4, 0.5) is 0 Å². The van der Waals surface area contributed by atoms with Gasteiger partial charge in [0.1, 0.15) is 0 Å². The molecule has 0 aromatic rings. The molecule has 0 saturated carbocycles. The lowest BCUT2D eigenvalue weighted by molar-refractivity contribution is -0.122. The number of rotatable bonds is 18. The summed E-state index contributed by atoms with van der Waals surface area (Å²) in [5, 5.41) is 16.0. The number of allylic oxidation sites excluding steroid dienone is 4. The normalized spacial score (nSPS) is 14.8. The van der Waals surface area contributed by atoms with Gasteiger partial charge in [-0.1, -0.05) is 24.3 Å². The second kappa shape index (κ2) is 19.1. The van der Waals surface area contributed by atoms with Crippen LogP contribution in [-0.4, -0.2) is 59.6 Å². The van der Waals surface area contributed by atoms with Gasteiger partial charge in [0.05, 0.1) is 6.10 Å². The summed E-state index contributed by atoms with van der Waals surface area (Å²) in [5.41, 5.74) is 0. The fraction of sp³-hybridized carbons (Fsp3) is 0.760. The summed E-state index contributed by atoms with van der Waals surface area (Å²) in [6.07, 6.45) is 14.8. The molecule has 3 unspecified atom stereocenters. The number of unbranched alkanes of at least 4 members (excludes halogenated alkanes) is 4. The molecular formula is C25H47N3O3. The second-order valence-electron chi connectivity index (χ2n) is 8.63. The molecule has 0 bridgehead atoms. The number of aliphatic hydroxyl groups excluding tert-OH is 1. The van der Waals surface area contributed by atoms with Crippen molar-refractivity contribution in [2.75, 3.05) is 19.6 Å². The fourth-order valence-corrected chi connectivity index (χ4v) is 3.59. The van der Waals surface area contributed by atoms with Gasteiger partial charge in [-0.15, -0.1) is 0 Å². The predicted octanol–water partition coefficient (Wildman–Crippen LogP) is 3.95. The number of carbonyl (C=O) groups excluding carboxylic acids is 2. The lowest BCUT2D eigenvalue weighted by Crippen LogP contribution is -2.49. The SMILES string of the molecule is C/C=C/CCCCC(=O)NC(C)CN(CC(C)O)CC(C)NC(=O)CCCC/C=C/C. The van der Waals surface area contributed by atoms with Crippen molar-refractivity contribution in [1.82, 2.24) is 15.5 Å². The highest BCUT2D eigenvalue weighted by atomic mass is 16.3. The highest BCUT2D eigenvalue weighted by Crippen LogP contribution is 2.04. The number of hydrogen-bond donors (Lipinski definition) is 3. The van der Waals surface area contributed by atoms with Crippen LogP contribution >= 0.6 is 0 Å². The molecule has 0 radical (unpaired) electrons. The van der Waals surface area contributed by atoms with Crippen LogP contribution < -0.4 is 10.6 Å². The van der Waals surface area contributed by atoms with Crippen molar-refractivity contribution in [1.29, 1.82) is 0 Å². The molecule has 0 spiro atoms. The molecule has 0 aliphatic rings. The van der Waals surface area contributed by atoms with E-state index < -0.39 is 6.10 Å². The van der Waals surface area contributed by atoms with Crippen LogP contribution in [0.5, 0.6) is 0 Å². The third-order valence-corrected chi connectivity index (χ3v) is 4.92. The van der Waals surface area contributed by atoms with Crippen LogP contribution in [0.1, 0.15) is 86.0 Å². The van der Waals surface area contributed by atoms with E-state index >= 15 is 0 Å². The van der Waals surface area contributed by atoms with Crippen molar-refractivity contribution in [3.05, 3.63) is 24.3 Å². The van der Waals surface area contributed by atoms with Crippen molar-refractivity contribution < 1.29 is 14.7 Å². The Labute approximate surface area is 190 Å². The molecule has 0 aliphatic heterocycles. The monoisotopic (exact) mass is 437 g/mol. The van der Waals surface area contributed by atoms with Gasteiger partial charge in [0.2, 0.25) is 11.8 Å². The first-order valence-corrected chi connectivity index (χ1v) is 12.0. The van der Waals surface area contributed by atoms with Crippen molar-refractivity contribution >= 4 is 11.8 Å². The topological polar surface area (TPSA) is 81.7 Å². The van der Waals surface area contributed by atoms with E-state index in [2.05, 4.69) is 27.7 Å². The van der Waals surface area contributed by atoms with E-state index in [-0.39, 0.29) is 23.9 Å². The molecule has 0 heterocycles. The van der Waals surface area contributed by atoms with E-state index in [1.54, 1.807) is 6.92 Å². The summed E-state index contributed by atoms with van der Waals surface area (Å²) in [7, 11) is 0. The lowest BCUT2D eigenvalue weighted by Gasteiger charge is -2.30. The van der Waals surface area contributed by atoms with Gasteiger partial charge in [-0.25, -0.2) is 0 Å². The Morgan fingerprint density at radius 3 is 1.55 bits per heavy atom. The maximum Gasteiger partial charge on any atom is 0.220 e. The quantitative estimate of drug-likeness (QED) is 0.224. The summed E-state index contributed by atoms with van der Waals surface area (Å²) in [6.45, 7) is 11.5. The van der Waals surface area contributed by atoms with Crippen LogP contribution in [0, 0.1) is 0 Å². The molecule has 0 aromatic carbocycles. The van der Waals surface area contributed by atoms with Gasteiger partial charge in [-0.2, -0.15) is 0 Å². The molecule has 0 aromatic heterocycles. The van der Waals surface area contributed by atoms with Crippen LogP contribution in [0.3, 0.4) is 0 Å². The number of nitrogens with zero attached hydrogens (tertiary/aromatic N) is 1. The van der Waals surface area contributed by atoms with E-state index in [0.29, 0.717) is 32.5 Å². The summed E-state index contributed by atoms with van der Waals surface area (Å²) in [6, 6.07) is -0.0346. The average molecular weight is 438 g/mol. The fourth-order valence-electron chi connectivity index (χ4n) is 3.59. The summed E-state index contributed by atoms with van der Waals surface area (Å²) in [5.74, 6) is 0.147. The molecule has 3 atom stereocenters. The molecule has 0 saturated heterocycles. The number of hydrogen-bond acceptors (Lipinski definition) is 4. The van der Waals surface area contributed by atoms with E-state index in [1.165, 1.54) is 0 Å². The van der Waals surface area contributed by atoms with E-state index in [0.717, 1.165) is 38.5 Å². The zero-order chi connectivity index (χ0) is 23.5. The second-order valence-corrected chi connectivity index (χ2v) is 8.63. The van der Waals surface area contributed by atoms with Crippen LogP contribution in [0.15, 0.2) is 24.3 Å². The highest BCUT2D eigenvalue weighted by Gasteiger charge is 2.17. The van der Waals surface area contributed by atoms with Gasteiger partial charge >= 0.3 is 0 Å². The van der Waals surface area contributed by atoms with Crippen molar-refractivity contribution in [2.24, 2.45) is 0 Å². The first-order chi connectivity index (χ1) is 14.8. The van der Waals surface area contributed by atoms with Crippen molar-refractivity contribution in [3.63, 3.8) is 0 Å². The standard InChI is InChI=1S/C25H47N3O3/c1-6-8-10-12-14-16-24(30)26-21(3)18-28(20-23(5)29)19-22(4)27-25(31)17-15-13-11-9-7-2/h6-9,21-23,29H,10-20H2,1-5H3,(H,26,30)(H,27,31)/b8-6+,9-7+. The molecule has 180 valence electrons. The van der Waals surface area contributed by atoms with Crippen LogP contribution in [-0.2, 0) is 9.59 Å². The maximum atomic E-state index is 12.2. The molecule has 6 nitrogen and oxygen atoms in total. The van der Waals surface area contributed by atoms with Gasteiger partial charge in [0.25, 0.3) is 0 Å². The van der Waals surface area contributed by atoms with Gasteiger partial charge in [0.15, 0.2) is 0 Å². The first-order valence-electron chi connectivity index (χ1n) is 12.0. The Morgan fingerprint density at radius 1 is 0.774 bits per heavy atom. The first kappa shape index (κ1) is 29.3. The van der Waals surface area contributed by atoms with Gasteiger partial charge in [-0.05, 0) is 73.1 Å². The Balaban J connectivity index is 4.35. The van der Waals surface area contributed by atoms with Crippen LogP contribution in [0.25, 0.3) is 0 Å². The largest absolute Gasteiger partial charge is 0.392 e. The van der Waals surface area contributed by atoms with Crippen LogP contribution in [0.2, 0.25) is 0 Å². The number of amides is 2. The molecule has 31 heavy (non-hydrogen) atoms. The number of nitrogens with one attached hydrogen (secondary N) is 2. The smallest absolute Gasteiger partial charge is 0.220 e. The molecule has 0 fully saturated rings. The zero-order valence-electron chi connectivity index (χ0n) is 20.5. The number of aliphatic hydroxyl groups is 1. The number of carbonyl (C=O) groups is 2.